The van der Waals surface area contributed by atoms with Gasteiger partial charge in [0.2, 0.25) is 17.8 Å². The molecule has 15 rings (SSSR count). The Morgan fingerprint density at radius 1 is 0.331 bits per heavy atom. The maximum Gasteiger partial charge on any atom is 0.472 e. The largest absolute Gasteiger partial charge is 0.472 e. The van der Waals surface area contributed by atoms with Gasteiger partial charge in [0.25, 0.3) is 16.7 Å². The Bertz CT molecular complexity index is 6470. The summed E-state index contributed by atoms with van der Waals surface area (Å²) in [6, 6.07) is 3.07. The number of nitrogens with two attached hydrogens (primary N) is 6. The third kappa shape index (κ3) is 20.0. The standard InChI is InChI=1S/C57H74N24O43P6/c58-22-1-4-76(55(92)67-22)46-29(84)35(119-125(95,96)97)17(114-46)8-108-127(100,101)123-38-20(117-50(32(38)87)80-14-65-26-41(80)71-53(62)74-44(26)90)11-111-129(104,105)122-37-19(116-48(31(37)86)78-6-3-24(60)69-57(78)94)10-110-130(106,107)124-39-21(118-51(33(39)88)81-15-66-27-42(81)72-54(63)75-45(27)91)12-112-128(102,103)121-36-18(115-47(30(36)85)77-5-2-23(59)68-56(77)93)9-109-126(98,99)120-34-16(7-82)113-49(28(34)83)79-13-64-25-40(79)70-52(61)73-43(25)89/h1-6,13-21,28-39,46-51,82-88H,7-12H2,(H,98,99)(H,100,101)(H,102,103)(H,104,105)(H,106,107)(H2,58,67,92)(H2,59,68,93)(H2,60,69,94)(H2,95,96,97)(H3,61,70,73,89)(H3,62,71,74,90)(H3,63,72,75,91). The van der Waals surface area contributed by atoms with Gasteiger partial charge in [0.05, 0.1) is 58.6 Å². The number of hydrogen-bond acceptors (Lipinski definition) is 51. The molecule has 29 N–H and O–H groups in total. The van der Waals surface area contributed by atoms with E-state index in [1.54, 1.807) is 0 Å². The molecular weight excluding hydrogens is 1890 g/mol. The van der Waals surface area contributed by atoms with Crippen molar-refractivity contribution >= 4 is 116 Å². The van der Waals surface area contributed by atoms with Gasteiger partial charge in [0.1, 0.15) is 127 Å². The number of nitrogens with one attached hydrogen (secondary N) is 3. The van der Waals surface area contributed by atoms with E-state index in [-0.39, 0.29) is 22.8 Å². The minimum Gasteiger partial charge on any atom is -0.394 e. The van der Waals surface area contributed by atoms with Crippen LogP contribution in [0.15, 0.2) is 84.5 Å². The summed E-state index contributed by atoms with van der Waals surface area (Å²) in [5.41, 5.74) is 25.3. The van der Waals surface area contributed by atoms with Crippen molar-refractivity contribution in [2.45, 2.75) is 147 Å². The number of H-pyrrole nitrogens is 3. The van der Waals surface area contributed by atoms with Crippen molar-refractivity contribution in [3.05, 3.63) is 118 Å². The van der Waals surface area contributed by atoms with Crippen molar-refractivity contribution < 1.29 is 176 Å². The van der Waals surface area contributed by atoms with Crippen LogP contribution < -0.4 is 68.1 Å². The van der Waals surface area contributed by atoms with E-state index in [1.165, 1.54) is 0 Å². The van der Waals surface area contributed by atoms with E-state index in [2.05, 4.69) is 59.8 Å². The van der Waals surface area contributed by atoms with Gasteiger partial charge in [-0.15, -0.1) is 0 Å². The molecule has 6 saturated heterocycles. The predicted molar refractivity (Wildman–Crippen MR) is 413 cm³/mol. The summed E-state index contributed by atoms with van der Waals surface area (Å²) in [5.74, 6) is -2.62. The molecule has 6 aliphatic heterocycles. The monoisotopic (exact) mass is 1970 g/mol. The van der Waals surface area contributed by atoms with Crippen LogP contribution in [0, 0.1) is 0 Å². The fourth-order valence-electron chi connectivity index (χ4n) is 14.5. The van der Waals surface area contributed by atoms with Gasteiger partial charge in [-0.1, -0.05) is 0 Å². The van der Waals surface area contributed by atoms with E-state index in [1.807, 2.05) is 0 Å². The lowest BCUT2D eigenvalue weighted by Gasteiger charge is -2.27. The van der Waals surface area contributed by atoms with Gasteiger partial charge in [-0.25, -0.2) is 56.7 Å². The van der Waals surface area contributed by atoms with Gasteiger partial charge in [0, 0.05) is 18.6 Å². The van der Waals surface area contributed by atoms with Crippen molar-refractivity contribution in [1.29, 1.82) is 0 Å². The van der Waals surface area contributed by atoms with E-state index in [0.29, 0.717) is 13.7 Å². The molecule has 0 saturated carbocycles. The molecule has 0 aliphatic carbocycles. The Hall–Kier alpha value is -9.37. The molecule has 0 spiro atoms. The molecule has 6 fully saturated rings. The fraction of sp³-hybridized carbons (Fsp3) is 0.526. The molecule has 73 heteroatoms. The first kappa shape index (κ1) is 95.2. The van der Waals surface area contributed by atoms with Gasteiger partial charge in [-0.3, -0.25) is 106 Å². The Kier molecular flexibility index (Phi) is 26.8. The summed E-state index contributed by atoms with van der Waals surface area (Å²) >= 11 is 0. The quantitative estimate of drug-likeness (QED) is 0.0167. The van der Waals surface area contributed by atoms with Crippen molar-refractivity contribution in [2.75, 3.05) is 74.0 Å². The number of ether oxygens (including phenoxy) is 6. The van der Waals surface area contributed by atoms with Crippen LogP contribution >= 0.6 is 46.9 Å². The summed E-state index contributed by atoms with van der Waals surface area (Å²) in [4.78, 5) is 195. The number of aromatic nitrogens is 18. The number of nitrogens with zero attached hydrogens (tertiary/aromatic N) is 15. The predicted octanol–water partition coefficient (Wildman–Crippen LogP) is -9.82. The number of fused-ring (bicyclic) bond motifs is 3. The average Bonchev–Trinajstić information content (AvgIpc) is 1.60. The number of rotatable bonds is 34. The van der Waals surface area contributed by atoms with E-state index in [4.69, 9.17) is 113 Å². The minimum atomic E-state index is -6.09. The molecule has 0 bridgehead atoms. The smallest absolute Gasteiger partial charge is 0.394 e. The van der Waals surface area contributed by atoms with Gasteiger partial charge in [-0.05, 0) is 18.2 Å². The number of aliphatic hydroxyl groups excluding tert-OH is 7. The summed E-state index contributed by atoms with van der Waals surface area (Å²) in [6.45, 7) is -8.22. The highest BCUT2D eigenvalue weighted by molar-refractivity contribution is 7.48. The van der Waals surface area contributed by atoms with Crippen LogP contribution in [0.1, 0.15) is 37.4 Å². The molecule has 0 radical (unpaired) electrons. The molecule has 29 unspecified atom stereocenters. The first-order chi connectivity index (χ1) is 61.0. The lowest BCUT2D eigenvalue weighted by molar-refractivity contribution is -0.0659. The number of nitrogen functional groups attached to an aromatic ring is 6. The van der Waals surface area contributed by atoms with E-state index in [0.717, 1.165) is 69.5 Å². The number of hydrogen-bond donors (Lipinski definition) is 23. The molecule has 710 valence electrons. The fourth-order valence-corrected chi connectivity index (χ4v) is 19.9. The van der Waals surface area contributed by atoms with E-state index in [9.17, 15) is 126 Å². The van der Waals surface area contributed by atoms with Crippen LogP contribution in [-0.4, -0.2) is 307 Å². The van der Waals surface area contributed by atoms with Crippen LogP contribution in [0.5, 0.6) is 0 Å². The van der Waals surface area contributed by atoms with Gasteiger partial charge in [0.15, 0.2) is 70.9 Å². The molecule has 6 aliphatic rings. The van der Waals surface area contributed by atoms with Crippen molar-refractivity contribution in [3.8, 4) is 0 Å². The average molecular weight is 1970 g/mol. The van der Waals surface area contributed by atoms with Crippen molar-refractivity contribution in [2.24, 2.45) is 0 Å². The Morgan fingerprint density at radius 2 is 0.546 bits per heavy atom. The SMILES string of the molecule is Nc1ccn(C2OC(COP(=O)(O)OC3C(COP(=O)(O)OC4C(COP(=O)(O)OC5C(COP(=O)(O)OC6C(COP(=O)(O)OC7C(CO)OC(n8cnc9c(=O)[nH]c(N)nc98)C7O)OC(n7ccc(N)nc7=O)C6O)OC(n6cnc7c(=O)[nH]c(N)nc76)C5O)OC(n5ccc(N)nc5=O)C4O)OC(n4cnc5c(=O)[nH]c(N)nc54)C3O)C(OP(=O)(O)O)C2O)c(=O)n1. The third-order valence-electron chi connectivity index (χ3n) is 20.1. The number of aliphatic hydroxyl groups is 7. The molecule has 9 aromatic heterocycles. The molecule has 29 atom stereocenters. The lowest BCUT2D eigenvalue weighted by Crippen LogP contribution is -2.39. The number of phosphoric ester groups is 6. The molecule has 15 heterocycles. The molecule has 67 nitrogen and oxygen atoms in total. The van der Waals surface area contributed by atoms with Gasteiger partial charge < -0.3 is 133 Å². The van der Waals surface area contributed by atoms with E-state index < -0.39 is 314 Å². The first-order valence-electron chi connectivity index (χ1n) is 36.9. The molecule has 9 aromatic rings. The van der Waals surface area contributed by atoms with Gasteiger partial charge >= 0.3 is 64.0 Å². The Labute approximate surface area is 715 Å². The second kappa shape index (κ2) is 36.5. The van der Waals surface area contributed by atoms with Crippen molar-refractivity contribution in [1.82, 2.24) is 87.2 Å². The summed E-state index contributed by atoms with van der Waals surface area (Å²) < 4.78 is 180. The number of imidazole rings is 3. The zero-order valence-corrected chi connectivity index (χ0v) is 70.1. The zero-order valence-electron chi connectivity index (χ0n) is 64.8. The summed E-state index contributed by atoms with van der Waals surface area (Å²) in [5, 5.41) is 80.7. The van der Waals surface area contributed by atoms with Crippen LogP contribution in [0.4, 0.5) is 35.3 Å². The van der Waals surface area contributed by atoms with Crippen LogP contribution in [-0.2, 0) is 106 Å². The highest BCUT2D eigenvalue weighted by Gasteiger charge is 2.59. The normalized spacial score (nSPS) is 31.9. The van der Waals surface area contributed by atoms with Crippen LogP contribution in [0.3, 0.4) is 0 Å². The van der Waals surface area contributed by atoms with Crippen molar-refractivity contribution in [3.63, 3.8) is 0 Å². The first-order valence-corrected chi connectivity index (χ1v) is 45.9. The molecule has 130 heavy (non-hydrogen) atoms. The maximum atomic E-state index is 14.6. The topological polar surface area (TPSA) is 994 Å². The second-order valence-electron chi connectivity index (χ2n) is 28.7. The van der Waals surface area contributed by atoms with Crippen LogP contribution in [0.2, 0.25) is 0 Å². The molecular formula is C57H74N24O43P6. The third-order valence-corrected chi connectivity index (χ3v) is 25.6. The molecule has 0 amide bonds. The van der Waals surface area contributed by atoms with Gasteiger partial charge in [-0.2, -0.15) is 29.9 Å². The number of aromatic amines is 3. The maximum absolute atomic E-state index is 14.6. The lowest BCUT2D eigenvalue weighted by atomic mass is 10.1. The number of phosphoric acid groups is 6. The van der Waals surface area contributed by atoms with E-state index >= 15 is 0 Å². The Morgan fingerprint density at radius 3 is 0.769 bits per heavy atom. The second-order valence-corrected chi connectivity index (χ2v) is 36.9. The zero-order chi connectivity index (χ0) is 93.8. The Balaban J connectivity index is 0.662. The summed E-state index contributed by atoms with van der Waals surface area (Å²) in [7, 11) is -35.3. The summed E-state index contributed by atoms with van der Waals surface area (Å²) in [6.07, 6.45) is -46.7. The molecule has 0 aromatic carbocycles. The minimum absolute atomic E-state index is 0.260. The van der Waals surface area contributed by atoms with Crippen LogP contribution in [0.25, 0.3) is 33.5 Å². The highest BCUT2D eigenvalue weighted by Crippen LogP contribution is 2.57. The highest BCUT2D eigenvalue weighted by atomic mass is 31.2. The number of anilines is 6.